The van der Waals surface area contributed by atoms with E-state index in [4.69, 9.17) is 9.97 Å². The highest BCUT2D eigenvalue weighted by Gasteiger charge is 2.16. The fourth-order valence-corrected chi connectivity index (χ4v) is 12.1. The van der Waals surface area contributed by atoms with Gasteiger partial charge in [0.05, 0.1) is 22.8 Å². The molecule has 2 nitrogen and oxygen atoms in total. The molecule has 2 heteroatoms. The van der Waals surface area contributed by atoms with Crippen LogP contribution in [0.5, 0.6) is 0 Å². The van der Waals surface area contributed by atoms with Gasteiger partial charge in [-0.2, -0.15) is 0 Å². The Morgan fingerprint density at radius 3 is 0.648 bits per heavy atom. The third-order valence-electron chi connectivity index (χ3n) is 17.1. The van der Waals surface area contributed by atoms with Gasteiger partial charge in [0, 0.05) is 22.3 Å². The van der Waals surface area contributed by atoms with Crippen molar-refractivity contribution in [1.29, 1.82) is 0 Å². The number of nitrogens with zero attached hydrogens (tertiary/aromatic N) is 2. The summed E-state index contributed by atoms with van der Waals surface area (Å²) >= 11 is 0. The van der Waals surface area contributed by atoms with Crippen molar-refractivity contribution >= 4 is 0 Å². The molecule has 0 atom stereocenters. The van der Waals surface area contributed by atoms with Gasteiger partial charge in [-0.1, -0.05) is 240 Å². The van der Waals surface area contributed by atoms with E-state index in [-0.39, 0.29) is 0 Å². The van der Waals surface area contributed by atoms with Gasteiger partial charge in [0.2, 0.25) is 0 Å². The summed E-state index contributed by atoms with van der Waals surface area (Å²) in [5.41, 5.74) is 38.0. The van der Waals surface area contributed by atoms with Gasteiger partial charge in [0.15, 0.2) is 0 Å². The first kappa shape index (κ1) is 58.1. The number of rotatable bonds is 11. The van der Waals surface area contributed by atoms with Gasteiger partial charge in [0.1, 0.15) is 0 Å². The van der Waals surface area contributed by atoms with Gasteiger partial charge < -0.3 is 0 Å². The van der Waals surface area contributed by atoms with Crippen LogP contribution >= 0.6 is 0 Å². The van der Waals surface area contributed by atoms with Gasteiger partial charge in [-0.05, 0) is 230 Å². The predicted octanol–water partition coefficient (Wildman–Crippen LogP) is 23.6. The van der Waals surface area contributed by atoms with E-state index in [1.807, 2.05) is 0 Å². The van der Waals surface area contributed by atoms with Crippen LogP contribution in [0.15, 0.2) is 267 Å². The lowest BCUT2D eigenvalue weighted by Crippen LogP contribution is -1.93. The zero-order chi connectivity index (χ0) is 61.0. The first-order chi connectivity index (χ1) is 42.7. The summed E-state index contributed by atoms with van der Waals surface area (Å²) in [5.74, 6) is 0. The molecule has 88 heavy (non-hydrogen) atoms. The third kappa shape index (κ3) is 12.9. The van der Waals surface area contributed by atoms with Crippen molar-refractivity contribution in [1.82, 2.24) is 9.97 Å². The average molecular weight is 1140 g/mol. The van der Waals surface area contributed by atoms with Gasteiger partial charge >= 0.3 is 0 Å². The number of pyridine rings is 2. The Bertz CT molecular complexity index is 4350. The quantitative estimate of drug-likeness (QED) is 0.129. The molecule has 0 saturated carbocycles. The molecule has 0 fully saturated rings. The van der Waals surface area contributed by atoms with Crippen molar-refractivity contribution in [2.45, 2.75) is 69.2 Å². The second kappa shape index (κ2) is 25.4. The SMILES string of the molecule is Cc1ccc(C)c(-c2cccc(-c3cc(-c4cccc(-c5cc(C)ccc5C)c4)nc(-c4cccc(-c5cc(C)ccc5C)c4)c3)c2)c1.Cc1ccc(C)c(-c2cccc(-c3cc(-c4ccccc4)cc(-c4cccc(-c5cc(C)ccc5C)c4)n3)c2)c1. The predicted molar refractivity (Wildman–Crippen MR) is 376 cm³/mol. The van der Waals surface area contributed by atoms with E-state index in [0.717, 1.165) is 56.2 Å². The topological polar surface area (TPSA) is 25.8 Å². The van der Waals surface area contributed by atoms with Gasteiger partial charge in [-0.3, -0.25) is 0 Å². The lowest BCUT2D eigenvalue weighted by molar-refractivity contribution is 1.32. The van der Waals surface area contributed by atoms with Crippen molar-refractivity contribution in [2.75, 3.05) is 0 Å². The maximum absolute atomic E-state index is 5.36. The second-order valence-electron chi connectivity index (χ2n) is 24.1. The molecule has 0 aliphatic heterocycles. The van der Waals surface area contributed by atoms with Crippen molar-refractivity contribution < 1.29 is 0 Å². The van der Waals surface area contributed by atoms with Gasteiger partial charge in [-0.15, -0.1) is 0 Å². The fourth-order valence-electron chi connectivity index (χ4n) is 12.1. The van der Waals surface area contributed by atoms with Crippen LogP contribution in [0.1, 0.15) is 55.6 Å². The molecular weight excluding hydrogens is 1060 g/mol. The van der Waals surface area contributed by atoms with Crippen molar-refractivity contribution in [3.63, 3.8) is 0 Å². The van der Waals surface area contributed by atoms with Crippen LogP contribution in [0.25, 0.3) is 123 Å². The Hall–Kier alpha value is -10.3. The Morgan fingerprint density at radius 1 is 0.159 bits per heavy atom. The van der Waals surface area contributed by atoms with Crippen LogP contribution in [0.3, 0.4) is 0 Å². The highest BCUT2D eigenvalue weighted by atomic mass is 14.7. The maximum Gasteiger partial charge on any atom is 0.0715 e. The van der Waals surface area contributed by atoms with Gasteiger partial charge in [-0.25, -0.2) is 9.97 Å². The molecule has 2 aromatic heterocycles. The first-order valence-corrected chi connectivity index (χ1v) is 30.7. The number of aryl methyl sites for hydroxylation is 10. The molecule has 13 rings (SSSR count). The second-order valence-corrected chi connectivity index (χ2v) is 24.1. The molecular formula is C86H74N2. The molecule has 0 N–H and O–H groups in total. The molecule has 428 valence electrons. The largest absolute Gasteiger partial charge is 0.248 e. The minimum atomic E-state index is 0.962. The minimum Gasteiger partial charge on any atom is -0.248 e. The van der Waals surface area contributed by atoms with Crippen molar-refractivity contribution in [3.05, 3.63) is 323 Å². The summed E-state index contributed by atoms with van der Waals surface area (Å²) in [6.07, 6.45) is 0. The van der Waals surface area contributed by atoms with E-state index in [9.17, 15) is 0 Å². The van der Waals surface area contributed by atoms with Crippen LogP contribution in [0.4, 0.5) is 0 Å². The molecule has 0 amide bonds. The molecule has 13 aromatic rings. The van der Waals surface area contributed by atoms with Gasteiger partial charge in [0.25, 0.3) is 0 Å². The molecule has 2 heterocycles. The Labute approximate surface area is 521 Å². The summed E-state index contributed by atoms with van der Waals surface area (Å²) in [4.78, 5) is 10.6. The normalized spacial score (nSPS) is 11.1. The maximum atomic E-state index is 5.36. The van der Waals surface area contributed by atoms with E-state index in [0.29, 0.717) is 0 Å². The lowest BCUT2D eigenvalue weighted by atomic mass is 9.93. The lowest BCUT2D eigenvalue weighted by Gasteiger charge is -2.14. The van der Waals surface area contributed by atoms with Crippen LogP contribution < -0.4 is 0 Å². The van der Waals surface area contributed by atoms with Crippen LogP contribution in [0, 0.1) is 69.2 Å². The summed E-state index contributed by atoms with van der Waals surface area (Å²) in [6.45, 7) is 21.7. The Kier molecular flexibility index (Phi) is 16.7. The van der Waals surface area contributed by atoms with E-state index >= 15 is 0 Å². The van der Waals surface area contributed by atoms with Crippen LogP contribution in [-0.2, 0) is 0 Å². The van der Waals surface area contributed by atoms with E-state index < -0.39 is 0 Å². The monoisotopic (exact) mass is 1130 g/mol. The van der Waals surface area contributed by atoms with E-state index in [1.54, 1.807) is 0 Å². The third-order valence-corrected chi connectivity index (χ3v) is 17.1. The number of aromatic nitrogens is 2. The average Bonchev–Trinajstić information content (AvgIpc) is 2.35. The first-order valence-electron chi connectivity index (χ1n) is 30.7. The Balaban J connectivity index is 0.000000174. The van der Waals surface area contributed by atoms with Crippen molar-refractivity contribution in [2.24, 2.45) is 0 Å². The molecule has 0 saturated heterocycles. The minimum absolute atomic E-state index is 0.962. The smallest absolute Gasteiger partial charge is 0.0715 e. The molecule has 0 bridgehead atoms. The zero-order valence-corrected chi connectivity index (χ0v) is 52.3. The zero-order valence-electron chi connectivity index (χ0n) is 52.3. The molecule has 0 aliphatic rings. The fraction of sp³-hybridized carbons (Fsp3) is 0.116. The number of benzene rings is 11. The van der Waals surface area contributed by atoms with E-state index in [1.165, 1.54) is 122 Å². The summed E-state index contributed by atoms with van der Waals surface area (Å²) in [5, 5.41) is 0. The molecule has 0 spiro atoms. The number of hydrogen-bond donors (Lipinski definition) is 0. The molecule has 11 aromatic carbocycles. The summed E-state index contributed by atoms with van der Waals surface area (Å²) in [7, 11) is 0. The highest BCUT2D eigenvalue weighted by molar-refractivity contribution is 5.85. The molecule has 0 aliphatic carbocycles. The summed E-state index contributed by atoms with van der Waals surface area (Å²) < 4.78 is 0. The highest BCUT2D eigenvalue weighted by Crippen LogP contribution is 2.39. The van der Waals surface area contributed by atoms with Crippen LogP contribution in [0.2, 0.25) is 0 Å². The molecule has 0 unspecified atom stereocenters. The van der Waals surface area contributed by atoms with E-state index in [2.05, 4.69) is 336 Å². The standard InChI is InChI=1S/C47H41N.C39H33N/c1-30-16-19-33(4)43(22-30)37-11-7-10-36(25-37)42-28-46(40-14-8-12-38(26-40)44-23-31(2)17-20-34(44)5)48-47(29-42)41-15-9-13-39(27-41)45-24-32(3)18-21-35(45)6;1-26-16-18-28(3)36(20-26)31-12-8-14-33(22-31)38-24-35(30-10-6-5-7-11-30)25-39(40-38)34-15-9-13-32(23-34)37-21-27(2)17-19-29(37)4/h7-29H,1-6H3;5-25H,1-4H3. The summed E-state index contributed by atoms with van der Waals surface area (Å²) in [6, 6.07) is 97.0. The molecule has 0 radical (unpaired) electrons. The van der Waals surface area contributed by atoms with Crippen LogP contribution in [-0.4, -0.2) is 9.97 Å². The Morgan fingerprint density at radius 2 is 0.375 bits per heavy atom. The van der Waals surface area contributed by atoms with Crippen molar-refractivity contribution in [3.8, 4) is 123 Å². The number of hydrogen-bond acceptors (Lipinski definition) is 2.